The van der Waals surface area contributed by atoms with E-state index in [9.17, 15) is 14.4 Å². The largest absolute Gasteiger partial charge is 0.479 e. The summed E-state index contributed by atoms with van der Waals surface area (Å²) in [5.41, 5.74) is 7.95. The van der Waals surface area contributed by atoms with Gasteiger partial charge in [0.15, 0.2) is 6.10 Å². The van der Waals surface area contributed by atoms with Crippen LogP contribution in [0.1, 0.15) is 41.1 Å². The lowest BCUT2D eigenvalue weighted by molar-refractivity contribution is -0.159. The number of ether oxygens (including phenoxy) is 1. The number of aryl methyl sites for hydroxylation is 1. The number of aliphatic carboxylic acids is 1. The Balaban J connectivity index is 1.47. The zero-order valence-corrected chi connectivity index (χ0v) is 19.4. The minimum absolute atomic E-state index is 0.0919. The topological polar surface area (TPSA) is 114 Å². The van der Waals surface area contributed by atoms with Gasteiger partial charge in [0.05, 0.1) is 0 Å². The van der Waals surface area contributed by atoms with Crippen LogP contribution in [0.25, 0.3) is 11.1 Å². The monoisotopic (exact) mass is 474 g/mol. The van der Waals surface area contributed by atoms with Gasteiger partial charge in [-0.3, -0.25) is 9.63 Å². The number of nitrogens with one attached hydrogen (secondary N) is 2. The van der Waals surface area contributed by atoms with Crippen LogP contribution in [-0.4, -0.2) is 35.8 Å². The number of alkyl carbamates (subject to hydrolysis) is 1. The maximum Gasteiger partial charge on any atom is 0.408 e. The van der Waals surface area contributed by atoms with Crippen molar-refractivity contribution in [2.45, 2.75) is 31.9 Å². The predicted molar refractivity (Wildman–Crippen MR) is 128 cm³/mol. The molecule has 0 saturated heterocycles. The molecule has 1 aliphatic carbocycles. The van der Waals surface area contributed by atoms with E-state index in [0.29, 0.717) is 5.56 Å². The molecule has 0 heterocycles. The van der Waals surface area contributed by atoms with Crippen molar-refractivity contribution in [1.82, 2.24) is 10.8 Å². The lowest BCUT2D eigenvalue weighted by atomic mass is 9.98. The van der Waals surface area contributed by atoms with Crippen LogP contribution in [0.3, 0.4) is 0 Å². The number of fused-ring (bicyclic) bond motifs is 3. The minimum atomic E-state index is -1.26. The summed E-state index contributed by atoms with van der Waals surface area (Å²) in [7, 11) is 0. The van der Waals surface area contributed by atoms with Crippen LogP contribution in [0.5, 0.6) is 0 Å². The molecule has 0 radical (unpaired) electrons. The maximum absolute atomic E-state index is 12.8. The fraction of sp³-hybridized carbons (Fsp3) is 0.222. The van der Waals surface area contributed by atoms with E-state index in [0.717, 1.165) is 27.8 Å². The van der Waals surface area contributed by atoms with Crippen LogP contribution in [0.15, 0.2) is 72.8 Å². The summed E-state index contributed by atoms with van der Waals surface area (Å²) >= 11 is 0. The molecule has 8 nitrogen and oxygen atoms in total. The molecule has 180 valence electrons. The number of carboxylic acids is 1. The third-order valence-corrected chi connectivity index (χ3v) is 5.96. The zero-order chi connectivity index (χ0) is 24.9. The summed E-state index contributed by atoms with van der Waals surface area (Å²) in [6, 6.07) is 21.8. The first-order valence-corrected chi connectivity index (χ1v) is 11.2. The second-order valence-electron chi connectivity index (χ2n) is 8.38. The van der Waals surface area contributed by atoms with Crippen LogP contribution in [0.4, 0.5) is 4.79 Å². The molecule has 4 rings (SSSR count). The van der Waals surface area contributed by atoms with E-state index in [2.05, 4.69) is 10.8 Å². The molecule has 0 fully saturated rings. The molecule has 3 aromatic rings. The van der Waals surface area contributed by atoms with Gasteiger partial charge in [0.2, 0.25) is 0 Å². The normalized spacial score (nSPS) is 13.8. The molecule has 0 aliphatic heterocycles. The van der Waals surface area contributed by atoms with E-state index >= 15 is 0 Å². The Morgan fingerprint density at radius 3 is 2.06 bits per heavy atom. The summed E-state index contributed by atoms with van der Waals surface area (Å²) < 4.78 is 5.56. The van der Waals surface area contributed by atoms with E-state index in [1.165, 1.54) is 6.92 Å². The Morgan fingerprint density at radius 2 is 1.49 bits per heavy atom. The van der Waals surface area contributed by atoms with Gasteiger partial charge in [-0.25, -0.2) is 15.1 Å². The van der Waals surface area contributed by atoms with E-state index in [4.69, 9.17) is 14.7 Å². The SMILES string of the molecule is Cc1ccc(C(NC(=O)OCC2c3ccccc3-c3ccccc32)C(=O)NOC(C)C(=O)O)cc1. The van der Waals surface area contributed by atoms with Crippen LogP contribution >= 0.6 is 0 Å². The second kappa shape index (κ2) is 10.4. The van der Waals surface area contributed by atoms with E-state index in [1.807, 2.05) is 55.5 Å². The summed E-state index contributed by atoms with van der Waals surface area (Å²) in [6.45, 7) is 3.27. The van der Waals surface area contributed by atoms with Gasteiger partial charge in [0.1, 0.15) is 12.6 Å². The number of carbonyl (C=O) groups excluding carboxylic acids is 2. The van der Waals surface area contributed by atoms with Crippen LogP contribution in [0.2, 0.25) is 0 Å². The lowest BCUT2D eigenvalue weighted by Crippen LogP contribution is -2.42. The Hall–Kier alpha value is -4.17. The van der Waals surface area contributed by atoms with Crippen molar-refractivity contribution in [2.75, 3.05) is 6.61 Å². The molecule has 8 heteroatoms. The molecule has 1 aliphatic rings. The average Bonchev–Trinajstić information content (AvgIpc) is 3.18. The minimum Gasteiger partial charge on any atom is -0.479 e. The van der Waals surface area contributed by atoms with Crippen LogP contribution in [0, 0.1) is 6.92 Å². The highest BCUT2D eigenvalue weighted by Crippen LogP contribution is 2.44. The van der Waals surface area contributed by atoms with Crippen LogP contribution < -0.4 is 10.8 Å². The highest BCUT2D eigenvalue weighted by molar-refractivity contribution is 5.86. The van der Waals surface area contributed by atoms with Crippen molar-refractivity contribution >= 4 is 18.0 Å². The highest BCUT2D eigenvalue weighted by Gasteiger charge is 2.30. The maximum atomic E-state index is 12.8. The van der Waals surface area contributed by atoms with E-state index in [1.54, 1.807) is 24.3 Å². The van der Waals surface area contributed by atoms with E-state index in [-0.39, 0.29) is 12.5 Å². The van der Waals surface area contributed by atoms with Crippen molar-refractivity contribution in [1.29, 1.82) is 0 Å². The van der Waals surface area contributed by atoms with Gasteiger partial charge >= 0.3 is 12.1 Å². The molecule has 2 atom stereocenters. The van der Waals surface area contributed by atoms with Gasteiger partial charge in [-0.05, 0) is 41.7 Å². The number of hydroxylamine groups is 1. The zero-order valence-electron chi connectivity index (χ0n) is 19.4. The predicted octanol–water partition coefficient (Wildman–Crippen LogP) is 4.10. The first kappa shape index (κ1) is 24.0. The standard InChI is InChI=1S/C27H26N2O6/c1-16-11-13-18(14-12-16)24(25(30)29-35-17(2)26(31)32)28-27(33)34-15-23-21-9-5-3-7-19(21)20-8-4-6-10-22(20)23/h3-14,17,23-24H,15H2,1-2H3,(H,28,33)(H,29,30)(H,31,32). The summed E-state index contributed by atoms with van der Waals surface area (Å²) in [5, 5.41) is 11.6. The average molecular weight is 475 g/mol. The number of benzene rings is 3. The van der Waals surface area contributed by atoms with Gasteiger partial charge in [-0.2, -0.15) is 0 Å². The molecule has 35 heavy (non-hydrogen) atoms. The number of carboxylic acid groups (broad SMARTS) is 1. The van der Waals surface area contributed by atoms with Gasteiger partial charge in [-0.15, -0.1) is 0 Å². The van der Waals surface area contributed by atoms with Gasteiger partial charge < -0.3 is 15.2 Å². The first-order valence-electron chi connectivity index (χ1n) is 11.2. The van der Waals surface area contributed by atoms with Crippen molar-refractivity contribution in [3.05, 3.63) is 95.1 Å². The molecule has 3 N–H and O–H groups in total. The van der Waals surface area contributed by atoms with Crippen molar-refractivity contribution in [3.63, 3.8) is 0 Å². The smallest absolute Gasteiger partial charge is 0.408 e. The summed E-state index contributed by atoms with van der Waals surface area (Å²) in [5.74, 6) is -2.09. The molecule has 0 saturated carbocycles. The molecule has 0 spiro atoms. The molecular formula is C27H26N2O6. The third-order valence-electron chi connectivity index (χ3n) is 5.96. The first-order chi connectivity index (χ1) is 16.8. The number of carbonyl (C=O) groups is 3. The highest BCUT2D eigenvalue weighted by atomic mass is 16.7. The van der Waals surface area contributed by atoms with Gasteiger partial charge in [0.25, 0.3) is 5.91 Å². The quantitative estimate of drug-likeness (QED) is 0.424. The third kappa shape index (κ3) is 5.33. The lowest BCUT2D eigenvalue weighted by Gasteiger charge is -2.20. The molecule has 3 aromatic carbocycles. The van der Waals surface area contributed by atoms with Gasteiger partial charge in [0, 0.05) is 5.92 Å². The Morgan fingerprint density at radius 1 is 0.914 bits per heavy atom. The van der Waals surface area contributed by atoms with Crippen molar-refractivity contribution in [3.8, 4) is 11.1 Å². The number of amides is 2. The Kier molecular flexibility index (Phi) is 7.12. The second-order valence-corrected chi connectivity index (χ2v) is 8.38. The molecule has 2 unspecified atom stereocenters. The van der Waals surface area contributed by atoms with Crippen molar-refractivity contribution in [2.24, 2.45) is 0 Å². The Labute approximate surface area is 202 Å². The number of rotatable bonds is 8. The molecule has 0 aromatic heterocycles. The van der Waals surface area contributed by atoms with Crippen LogP contribution in [-0.2, 0) is 19.2 Å². The summed E-state index contributed by atoms with van der Waals surface area (Å²) in [4.78, 5) is 41.4. The van der Waals surface area contributed by atoms with Crippen molar-refractivity contribution < 1.29 is 29.1 Å². The Bertz CT molecular complexity index is 1190. The fourth-order valence-corrected chi connectivity index (χ4v) is 4.07. The number of hydrogen-bond donors (Lipinski definition) is 3. The summed E-state index contributed by atoms with van der Waals surface area (Å²) in [6.07, 6.45) is -2.04. The molecule has 2 amide bonds. The number of hydrogen-bond acceptors (Lipinski definition) is 5. The van der Waals surface area contributed by atoms with E-state index < -0.39 is 30.1 Å². The molecular weight excluding hydrogens is 448 g/mol. The fourth-order valence-electron chi connectivity index (χ4n) is 4.07. The van der Waals surface area contributed by atoms with Gasteiger partial charge in [-0.1, -0.05) is 78.4 Å². The molecule has 0 bridgehead atoms.